The van der Waals surface area contributed by atoms with Gasteiger partial charge in [-0.25, -0.2) is 0 Å². The van der Waals surface area contributed by atoms with Gasteiger partial charge < -0.3 is 15.0 Å². The van der Waals surface area contributed by atoms with E-state index in [-0.39, 0.29) is 6.04 Å². The minimum absolute atomic E-state index is 0.170. The number of likely N-dealkylation sites (tertiary alicyclic amines) is 1. The van der Waals surface area contributed by atoms with Gasteiger partial charge in [0.1, 0.15) is 5.75 Å². The maximum Gasteiger partial charge on any atom is 0.169 e. The summed E-state index contributed by atoms with van der Waals surface area (Å²) in [6, 6.07) is 19.1. The Morgan fingerprint density at radius 1 is 1.04 bits per heavy atom. The van der Waals surface area contributed by atoms with Crippen LogP contribution in [-0.2, 0) is 6.42 Å². The van der Waals surface area contributed by atoms with Gasteiger partial charge in [-0.2, -0.15) is 0 Å². The Morgan fingerprint density at radius 3 is 2.38 bits per heavy atom. The third-order valence-corrected chi connectivity index (χ3v) is 5.19. The van der Waals surface area contributed by atoms with Gasteiger partial charge in [0.05, 0.1) is 12.6 Å². The molecule has 0 aliphatic carbocycles. The molecule has 0 radical (unpaired) electrons. The fraction of sp³-hybridized carbons (Fsp3) is 0.409. The van der Waals surface area contributed by atoms with Crippen molar-refractivity contribution in [3.05, 3.63) is 65.7 Å². The summed E-state index contributed by atoms with van der Waals surface area (Å²) in [6.45, 7) is 4.83. The van der Waals surface area contributed by atoms with Crippen LogP contribution < -0.4 is 10.1 Å². The van der Waals surface area contributed by atoms with E-state index in [4.69, 9.17) is 17.0 Å². The topological polar surface area (TPSA) is 24.5 Å². The summed E-state index contributed by atoms with van der Waals surface area (Å²) in [7, 11) is 0. The molecule has 4 heteroatoms. The highest BCUT2D eigenvalue weighted by Crippen LogP contribution is 2.21. The molecule has 0 bridgehead atoms. The maximum atomic E-state index is 5.72. The summed E-state index contributed by atoms with van der Waals surface area (Å²) in [5.74, 6) is 0.921. The second kappa shape index (κ2) is 9.58. The molecule has 26 heavy (non-hydrogen) atoms. The van der Waals surface area contributed by atoms with Crippen molar-refractivity contribution in [3.8, 4) is 5.75 Å². The maximum absolute atomic E-state index is 5.72. The van der Waals surface area contributed by atoms with E-state index in [0.29, 0.717) is 6.61 Å². The normalized spacial score (nSPS) is 15.3. The lowest BCUT2D eigenvalue weighted by molar-refractivity contribution is 0.334. The van der Waals surface area contributed by atoms with Gasteiger partial charge in [0.25, 0.3) is 0 Å². The van der Waals surface area contributed by atoms with E-state index in [9.17, 15) is 0 Å². The average Bonchev–Trinajstić information content (AvgIpc) is 2.70. The van der Waals surface area contributed by atoms with Gasteiger partial charge in [-0.3, -0.25) is 0 Å². The van der Waals surface area contributed by atoms with Crippen LogP contribution in [-0.4, -0.2) is 29.7 Å². The van der Waals surface area contributed by atoms with Crippen molar-refractivity contribution in [2.75, 3.05) is 19.7 Å². The minimum atomic E-state index is 0.170. The van der Waals surface area contributed by atoms with Gasteiger partial charge in [-0.15, -0.1) is 0 Å². The molecule has 0 amide bonds. The Kier molecular flexibility index (Phi) is 6.89. The van der Waals surface area contributed by atoms with Crippen LogP contribution in [0.4, 0.5) is 0 Å². The molecule has 1 fully saturated rings. The van der Waals surface area contributed by atoms with Gasteiger partial charge in [-0.05, 0) is 68.1 Å². The molecule has 2 aromatic carbocycles. The van der Waals surface area contributed by atoms with Crippen LogP contribution >= 0.6 is 12.2 Å². The van der Waals surface area contributed by atoms with Crippen molar-refractivity contribution < 1.29 is 4.74 Å². The molecule has 0 spiro atoms. The van der Waals surface area contributed by atoms with Crippen molar-refractivity contribution >= 4 is 17.3 Å². The van der Waals surface area contributed by atoms with E-state index < -0.39 is 0 Å². The molecule has 1 saturated heterocycles. The zero-order valence-electron chi connectivity index (χ0n) is 15.5. The molecule has 1 atom stereocenters. The molecular formula is C22H28N2OS. The number of thiocarbonyl (C=S) groups is 1. The Balaban J connectivity index is 1.72. The average molecular weight is 369 g/mol. The zero-order valence-corrected chi connectivity index (χ0v) is 16.3. The van der Waals surface area contributed by atoms with E-state index in [1.165, 1.54) is 30.4 Å². The summed E-state index contributed by atoms with van der Waals surface area (Å²) >= 11 is 5.72. The number of piperidine rings is 1. The van der Waals surface area contributed by atoms with Gasteiger partial charge >= 0.3 is 0 Å². The first-order chi connectivity index (χ1) is 12.8. The summed E-state index contributed by atoms with van der Waals surface area (Å²) in [5, 5.41) is 4.50. The fourth-order valence-corrected chi connectivity index (χ4v) is 3.72. The quantitative estimate of drug-likeness (QED) is 0.745. The third-order valence-electron chi connectivity index (χ3n) is 4.82. The Morgan fingerprint density at radius 2 is 1.73 bits per heavy atom. The number of ether oxygens (including phenoxy) is 1. The molecule has 3 nitrogen and oxygen atoms in total. The van der Waals surface area contributed by atoms with Gasteiger partial charge in [-0.1, -0.05) is 42.5 Å². The van der Waals surface area contributed by atoms with Crippen LogP contribution in [0.15, 0.2) is 54.6 Å². The molecule has 1 heterocycles. The predicted molar refractivity (Wildman–Crippen MR) is 112 cm³/mol. The number of hydrogen-bond acceptors (Lipinski definition) is 2. The van der Waals surface area contributed by atoms with Crippen LogP contribution in [0.25, 0.3) is 0 Å². The largest absolute Gasteiger partial charge is 0.494 e. The Bertz CT molecular complexity index is 681. The smallest absolute Gasteiger partial charge is 0.169 e. The lowest BCUT2D eigenvalue weighted by Crippen LogP contribution is -2.44. The summed E-state index contributed by atoms with van der Waals surface area (Å²) in [6.07, 6.45) is 4.67. The molecule has 138 valence electrons. The van der Waals surface area contributed by atoms with Crippen molar-refractivity contribution in [2.45, 2.75) is 38.6 Å². The lowest BCUT2D eigenvalue weighted by Gasteiger charge is -2.32. The SMILES string of the molecule is CCOc1ccc(CC(NC(=S)N2CCCCC2)c2ccccc2)cc1. The second-order valence-electron chi connectivity index (χ2n) is 6.74. The predicted octanol–water partition coefficient (Wildman–Crippen LogP) is 4.73. The molecular weight excluding hydrogens is 340 g/mol. The van der Waals surface area contributed by atoms with E-state index in [1.54, 1.807) is 0 Å². The number of nitrogens with one attached hydrogen (secondary N) is 1. The summed E-state index contributed by atoms with van der Waals surface area (Å²) in [4.78, 5) is 2.31. The number of hydrogen-bond donors (Lipinski definition) is 1. The minimum Gasteiger partial charge on any atom is -0.494 e. The molecule has 1 aliphatic rings. The van der Waals surface area contributed by atoms with E-state index in [1.807, 2.05) is 19.1 Å². The van der Waals surface area contributed by atoms with Crippen molar-refractivity contribution in [3.63, 3.8) is 0 Å². The van der Waals surface area contributed by atoms with Crippen LogP contribution in [0, 0.1) is 0 Å². The van der Waals surface area contributed by atoms with Crippen LogP contribution in [0.3, 0.4) is 0 Å². The standard InChI is InChI=1S/C22H28N2OS/c1-2-25-20-13-11-18(12-14-20)17-21(19-9-5-3-6-10-19)23-22(26)24-15-7-4-8-16-24/h3,5-6,9-14,21H,2,4,7-8,15-17H2,1H3,(H,23,26). The molecule has 0 saturated carbocycles. The lowest BCUT2D eigenvalue weighted by atomic mass is 9.99. The van der Waals surface area contributed by atoms with E-state index in [0.717, 1.165) is 30.4 Å². The molecule has 3 rings (SSSR count). The van der Waals surface area contributed by atoms with Crippen LogP contribution in [0.2, 0.25) is 0 Å². The number of benzene rings is 2. The molecule has 2 aromatic rings. The zero-order chi connectivity index (χ0) is 18.2. The highest BCUT2D eigenvalue weighted by Gasteiger charge is 2.18. The summed E-state index contributed by atoms with van der Waals surface area (Å²) < 4.78 is 5.55. The Labute approximate surface area is 162 Å². The van der Waals surface area contributed by atoms with Crippen LogP contribution in [0.5, 0.6) is 5.75 Å². The first-order valence-electron chi connectivity index (χ1n) is 9.58. The van der Waals surface area contributed by atoms with Crippen molar-refractivity contribution in [2.24, 2.45) is 0 Å². The van der Waals surface area contributed by atoms with Crippen molar-refractivity contribution in [1.29, 1.82) is 0 Å². The van der Waals surface area contributed by atoms with E-state index >= 15 is 0 Å². The number of rotatable bonds is 6. The van der Waals surface area contributed by atoms with Crippen LogP contribution in [0.1, 0.15) is 43.4 Å². The first-order valence-corrected chi connectivity index (χ1v) is 9.99. The molecule has 1 N–H and O–H groups in total. The molecule has 0 aromatic heterocycles. The monoisotopic (exact) mass is 368 g/mol. The highest BCUT2D eigenvalue weighted by molar-refractivity contribution is 7.80. The van der Waals surface area contributed by atoms with Gasteiger partial charge in [0.2, 0.25) is 0 Å². The molecule has 1 unspecified atom stereocenters. The van der Waals surface area contributed by atoms with Crippen molar-refractivity contribution in [1.82, 2.24) is 10.2 Å². The number of nitrogens with zero attached hydrogens (tertiary/aromatic N) is 1. The highest BCUT2D eigenvalue weighted by atomic mass is 32.1. The Hall–Kier alpha value is -2.07. The molecule has 1 aliphatic heterocycles. The third kappa shape index (κ3) is 5.21. The summed E-state index contributed by atoms with van der Waals surface area (Å²) in [5.41, 5.74) is 2.54. The second-order valence-corrected chi connectivity index (χ2v) is 7.13. The van der Waals surface area contributed by atoms with Gasteiger partial charge in [0.15, 0.2) is 5.11 Å². The fourth-order valence-electron chi connectivity index (χ4n) is 3.40. The van der Waals surface area contributed by atoms with E-state index in [2.05, 4.69) is 52.7 Å². The van der Waals surface area contributed by atoms with Gasteiger partial charge in [0, 0.05) is 13.1 Å². The first kappa shape index (κ1) is 18.7.